The van der Waals surface area contributed by atoms with Gasteiger partial charge in [0.05, 0.1) is 44.5 Å². The first-order valence-electron chi connectivity index (χ1n) is 21.8. The lowest BCUT2D eigenvalue weighted by atomic mass is 9.93. The summed E-state index contributed by atoms with van der Waals surface area (Å²) >= 11 is 0. The molecular formula is C60H37N3. The molecule has 3 nitrogen and oxygen atoms in total. The fourth-order valence-corrected chi connectivity index (χ4v) is 11.1. The molecule has 0 bridgehead atoms. The largest absolute Gasteiger partial charge is 0.309 e. The van der Waals surface area contributed by atoms with E-state index in [1.807, 2.05) is 0 Å². The number of fused-ring (bicyclic) bond motifs is 16. The van der Waals surface area contributed by atoms with Crippen molar-refractivity contribution in [1.82, 2.24) is 13.7 Å². The third-order valence-corrected chi connectivity index (χ3v) is 13.6. The zero-order chi connectivity index (χ0) is 41.2. The molecule has 0 N–H and O–H groups in total. The van der Waals surface area contributed by atoms with Crippen LogP contribution in [0.4, 0.5) is 0 Å². The van der Waals surface area contributed by atoms with E-state index in [1.54, 1.807) is 0 Å². The average molecular weight is 800 g/mol. The summed E-state index contributed by atoms with van der Waals surface area (Å²) in [4.78, 5) is 0. The zero-order valence-electron chi connectivity index (χ0n) is 34.2. The van der Waals surface area contributed by atoms with Gasteiger partial charge >= 0.3 is 0 Å². The van der Waals surface area contributed by atoms with E-state index in [-0.39, 0.29) is 0 Å². The molecule has 14 aromatic rings. The third-order valence-electron chi connectivity index (χ3n) is 13.6. The Bertz CT molecular complexity index is 4150. The Kier molecular flexibility index (Phi) is 7.11. The van der Waals surface area contributed by atoms with Gasteiger partial charge in [-0.3, -0.25) is 0 Å². The monoisotopic (exact) mass is 799 g/mol. The van der Waals surface area contributed by atoms with Gasteiger partial charge in [-0.15, -0.1) is 0 Å². The molecule has 0 amide bonds. The molecule has 0 unspecified atom stereocenters. The van der Waals surface area contributed by atoms with Crippen molar-refractivity contribution in [3.63, 3.8) is 0 Å². The number of hydrogen-bond acceptors (Lipinski definition) is 0. The summed E-state index contributed by atoms with van der Waals surface area (Å²) in [5, 5.41) is 15.2. The molecule has 0 fully saturated rings. The number of para-hydroxylation sites is 5. The van der Waals surface area contributed by atoms with Crippen molar-refractivity contribution in [2.75, 3.05) is 0 Å². The Labute approximate surface area is 362 Å². The normalized spacial score (nSPS) is 12.1. The van der Waals surface area contributed by atoms with Crippen LogP contribution >= 0.6 is 0 Å². The minimum Gasteiger partial charge on any atom is -0.309 e. The number of nitrogens with zero attached hydrogens (tertiary/aromatic N) is 3. The fraction of sp³-hybridized carbons (Fsp3) is 0. The molecule has 0 aliphatic rings. The van der Waals surface area contributed by atoms with Crippen molar-refractivity contribution in [2.24, 2.45) is 0 Å². The maximum Gasteiger partial charge on any atom is 0.0549 e. The van der Waals surface area contributed by atoms with Crippen LogP contribution in [-0.4, -0.2) is 13.7 Å². The second-order valence-corrected chi connectivity index (χ2v) is 16.8. The molecule has 3 heteroatoms. The van der Waals surface area contributed by atoms with Gasteiger partial charge in [0.25, 0.3) is 0 Å². The van der Waals surface area contributed by atoms with Crippen LogP contribution in [0.25, 0.3) is 126 Å². The smallest absolute Gasteiger partial charge is 0.0549 e. The van der Waals surface area contributed by atoms with Gasteiger partial charge in [0.1, 0.15) is 0 Å². The van der Waals surface area contributed by atoms with Crippen LogP contribution in [0.5, 0.6) is 0 Å². The van der Waals surface area contributed by atoms with Crippen LogP contribution in [0.3, 0.4) is 0 Å². The highest BCUT2D eigenvalue weighted by molar-refractivity contribution is 6.30. The SMILES string of the molecule is c1ccc(-n2c3ccccc3c3c4c5ccccc5n(-c5ccccc5-c5ccc6c(c5)c5ccccc5n6-c5cccc6c7ccccc7c7ccccc7c56)c4ccc32)cc1. The van der Waals surface area contributed by atoms with Gasteiger partial charge in [-0.1, -0.05) is 158 Å². The summed E-state index contributed by atoms with van der Waals surface area (Å²) in [5.41, 5.74) is 13.1. The summed E-state index contributed by atoms with van der Waals surface area (Å²) in [6.07, 6.45) is 0. The molecule has 11 aromatic carbocycles. The van der Waals surface area contributed by atoms with Gasteiger partial charge in [-0.05, 0) is 99.2 Å². The Hall–Kier alpha value is -8.40. The third kappa shape index (κ3) is 4.74. The first-order chi connectivity index (χ1) is 31.3. The van der Waals surface area contributed by atoms with Crippen molar-refractivity contribution in [1.29, 1.82) is 0 Å². The molecular weight excluding hydrogens is 763 g/mol. The Morgan fingerprint density at radius 3 is 1.33 bits per heavy atom. The van der Waals surface area contributed by atoms with E-state index < -0.39 is 0 Å². The van der Waals surface area contributed by atoms with E-state index in [4.69, 9.17) is 0 Å². The topological polar surface area (TPSA) is 14.8 Å². The van der Waals surface area contributed by atoms with Gasteiger partial charge in [-0.25, -0.2) is 0 Å². The molecule has 63 heavy (non-hydrogen) atoms. The molecule has 0 saturated heterocycles. The first-order valence-corrected chi connectivity index (χ1v) is 21.8. The second-order valence-electron chi connectivity index (χ2n) is 16.8. The van der Waals surface area contributed by atoms with E-state index in [9.17, 15) is 0 Å². The van der Waals surface area contributed by atoms with Crippen LogP contribution in [0.1, 0.15) is 0 Å². The standard InChI is InChI=1S/C60H37N3/c1-2-17-39(18-3-1)61-52-30-14-10-25-47(52)59-56(61)35-36-57-60(59)48-26-11-15-31-53(48)62(57)50-28-12-8-19-40(50)38-33-34-54-49(37-38)44-23-9-13-29-51(44)63(54)55-32-16-27-46-43-21-5-4-20-41(43)42-22-6-7-24-45(42)58(46)55/h1-37H. The molecule has 292 valence electrons. The summed E-state index contributed by atoms with van der Waals surface area (Å²) < 4.78 is 7.40. The highest BCUT2D eigenvalue weighted by atomic mass is 15.0. The van der Waals surface area contributed by atoms with Gasteiger partial charge < -0.3 is 13.7 Å². The summed E-state index contributed by atoms with van der Waals surface area (Å²) in [6, 6.07) is 82.7. The molecule has 0 radical (unpaired) electrons. The molecule has 0 aliphatic heterocycles. The van der Waals surface area contributed by atoms with E-state index in [2.05, 4.69) is 238 Å². The summed E-state index contributed by atoms with van der Waals surface area (Å²) in [7, 11) is 0. The van der Waals surface area contributed by atoms with Gasteiger partial charge in [-0.2, -0.15) is 0 Å². The Balaban J connectivity index is 1.02. The lowest BCUT2D eigenvalue weighted by molar-refractivity contribution is 1.17. The summed E-state index contributed by atoms with van der Waals surface area (Å²) in [5.74, 6) is 0. The highest BCUT2D eigenvalue weighted by Gasteiger charge is 2.23. The molecule has 0 spiro atoms. The van der Waals surface area contributed by atoms with Crippen LogP contribution in [0.15, 0.2) is 224 Å². The number of aromatic nitrogens is 3. The van der Waals surface area contributed by atoms with E-state index >= 15 is 0 Å². The Morgan fingerprint density at radius 2 is 0.651 bits per heavy atom. The minimum absolute atomic E-state index is 1.16. The first kappa shape index (κ1) is 34.3. The van der Waals surface area contributed by atoms with Gasteiger partial charge in [0.15, 0.2) is 0 Å². The van der Waals surface area contributed by atoms with Crippen molar-refractivity contribution in [3.05, 3.63) is 224 Å². The van der Waals surface area contributed by atoms with E-state index in [0.29, 0.717) is 0 Å². The van der Waals surface area contributed by atoms with Crippen molar-refractivity contribution in [2.45, 2.75) is 0 Å². The fourth-order valence-electron chi connectivity index (χ4n) is 11.1. The van der Waals surface area contributed by atoms with Crippen LogP contribution in [0.2, 0.25) is 0 Å². The average Bonchev–Trinajstić information content (AvgIpc) is 3.99. The molecule has 0 atom stereocenters. The van der Waals surface area contributed by atoms with Gasteiger partial charge in [0.2, 0.25) is 0 Å². The predicted molar refractivity (Wildman–Crippen MR) is 267 cm³/mol. The van der Waals surface area contributed by atoms with Crippen LogP contribution in [0, 0.1) is 0 Å². The molecule has 0 saturated carbocycles. The maximum atomic E-state index is 2.49. The quantitative estimate of drug-likeness (QED) is 0.158. The van der Waals surface area contributed by atoms with E-state index in [1.165, 1.54) is 115 Å². The molecule has 3 aromatic heterocycles. The number of rotatable bonds is 4. The summed E-state index contributed by atoms with van der Waals surface area (Å²) in [6.45, 7) is 0. The van der Waals surface area contributed by atoms with Crippen molar-refractivity contribution < 1.29 is 0 Å². The minimum atomic E-state index is 1.16. The van der Waals surface area contributed by atoms with Crippen LogP contribution in [-0.2, 0) is 0 Å². The van der Waals surface area contributed by atoms with Crippen molar-refractivity contribution >= 4 is 97.7 Å². The highest BCUT2D eigenvalue weighted by Crippen LogP contribution is 2.45. The maximum absolute atomic E-state index is 2.49. The zero-order valence-corrected chi connectivity index (χ0v) is 34.2. The number of hydrogen-bond donors (Lipinski definition) is 0. The van der Waals surface area contributed by atoms with E-state index in [0.717, 1.165) is 11.4 Å². The lowest BCUT2D eigenvalue weighted by Crippen LogP contribution is -1.98. The van der Waals surface area contributed by atoms with Crippen molar-refractivity contribution in [3.8, 4) is 28.2 Å². The van der Waals surface area contributed by atoms with Gasteiger partial charge in [0, 0.05) is 49.0 Å². The molecule has 14 rings (SSSR count). The number of benzene rings is 11. The Morgan fingerprint density at radius 1 is 0.222 bits per heavy atom. The molecule has 0 aliphatic carbocycles. The second kappa shape index (κ2) is 13.1. The molecule has 3 heterocycles. The van der Waals surface area contributed by atoms with Crippen LogP contribution < -0.4 is 0 Å². The predicted octanol–water partition coefficient (Wildman–Crippen LogP) is 16.1. The lowest BCUT2D eigenvalue weighted by Gasteiger charge is -2.17.